The molecule has 120 valence electrons. The van der Waals surface area contributed by atoms with Gasteiger partial charge in [0.25, 0.3) is 0 Å². The fourth-order valence-corrected chi connectivity index (χ4v) is 4.81. The summed E-state index contributed by atoms with van der Waals surface area (Å²) < 4.78 is 0. The monoisotopic (exact) mass is 300 g/mol. The number of rotatable bonds is 1. The topological polar surface area (TPSA) is 40.5 Å². The molecule has 1 unspecified atom stereocenters. The molecule has 0 aromatic heterocycles. The summed E-state index contributed by atoms with van der Waals surface area (Å²) in [5.41, 5.74) is 5.87. The summed E-state index contributed by atoms with van der Waals surface area (Å²) in [6.45, 7) is 10.8. The second-order valence-corrected chi connectivity index (χ2v) is 7.71. The van der Waals surface area contributed by atoms with Crippen LogP contribution >= 0.6 is 0 Å². The summed E-state index contributed by atoms with van der Waals surface area (Å²) >= 11 is 0. The zero-order chi connectivity index (χ0) is 16.2. The summed E-state index contributed by atoms with van der Waals surface area (Å²) in [5.74, 6) is 2.09. The second-order valence-electron chi connectivity index (χ2n) is 7.71. The highest BCUT2D eigenvalue weighted by Gasteiger charge is 2.40. The van der Waals surface area contributed by atoms with E-state index in [-0.39, 0.29) is 11.5 Å². The molecule has 4 atom stereocenters. The first-order chi connectivity index (χ1) is 10.3. The molecular formula is C20H28O2. The first-order valence-corrected chi connectivity index (χ1v) is 8.56. The molecule has 1 aromatic carbocycles. The van der Waals surface area contributed by atoms with Gasteiger partial charge in [0.1, 0.15) is 0 Å². The van der Waals surface area contributed by atoms with Gasteiger partial charge < -0.3 is 10.2 Å². The minimum Gasteiger partial charge on any atom is -0.504 e. The van der Waals surface area contributed by atoms with E-state index in [4.69, 9.17) is 0 Å². The third-order valence-corrected chi connectivity index (χ3v) is 5.81. The lowest BCUT2D eigenvalue weighted by Gasteiger charge is -2.43. The summed E-state index contributed by atoms with van der Waals surface area (Å²) in [6.07, 6.45) is 5.78. The molecule has 2 N–H and O–H groups in total. The predicted octanol–water partition coefficient (Wildman–Crippen LogP) is 5.48. The molecule has 0 bridgehead atoms. The van der Waals surface area contributed by atoms with Gasteiger partial charge >= 0.3 is 0 Å². The number of aromatic hydroxyl groups is 2. The second kappa shape index (κ2) is 5.33. The van der Waals surface area contributed by atoms with Crippen molar-refractivity contribution < 1.29 is 10.2 Å². The van der Waals surface area contributed by atoms with E-state index in [2.05, 4.69) is 33.8 Å². The molecule has 0 saturated heterocycles. The van der Waals surface area contributed by atoms with E-state index >= 15 is 0 Å². The molecular weight excluding hydrogens is 272 g/mol. The van der Waals surface area contributed by atoms with Crippen LogP contribution in [-0.2, 0) is 0 Å². The molecule has 2 nitrogen and oxygen atoms in total. The van der Waals surface area contributed by atoms with Gasteiger partial charge in [0.2, 0.25) is 0 Å². The molecule has 2 aliphatic rings. The highest BCUT2D eigenvalue weighted by molar-refractivity contribution is 5.63. The Morgan fingerprint density at radius 3 is 2.32 bits per heavy atom. The SMILES string of the molecule is CC(C)=CC1C[C@@H](C)[C@@H]2CC[C@H](C)c3c(O)c(O)c(C)c1c32. The van der Waals surface area contributed by atoms with Crippen molar-refractivity contribution in [2.24, 2.45) is 5.92 Å². The molecule has 1 aromatic rings. The van der Waals surface area contributed by atoms with E-state index in [1.165, 1.54) is 23.1 Å². The van der Waals surface area contributed by atoms with Crippen LogP contribution in [-0.4, -0.2) is 10.2 Å². The lowest BCUT2D eigenvalue weighted by atomic mass is 9.62. The summed E-state index contributed by atoms with van der Waals surface area (Å²) in [7, 11) is 0. The maximum atomic E-state index is 10.5. The average Bonchev–Trinajstić information content (AvgIpc) is 2.43. The zero-order valence-corrected chi connectivity index (χ0v) is 14.4. The number of benzene rings is 1. The van der Waals surface area contributed by atoms with Crippen LogP contribution in [0.2, 0.25) is 0 Å². The number of allylic oxidation sites excluding steroid dienone is 2. The van der Waals surface area contributed by atoms with E-state index in [1.807, 2.05) is 6.92 Å². The molecule has 0 radical (unpaired) electrons. The van der Waals surface area contributed by atoms with Crippen LogP contribution in [0.5, 0.6) is 11.5 Å². The largest absolute Gasteiger partial charge is 0.504 e. The first-order valence-electron chi connectivity index (χ1n) is 8.56. The van der Waals surface area contributed by atoms with Crippen molar-refractivity contribution in [3.63, 3.8) is 0 Å². The standard InChI is InChI=1S/C20H28O2/c1-10(2)8-14-9-12(4)15-7-6-11(3)16-18(15)17(14)13(5)19(21)20(16)22/h8,11-12,14-15,21-22H,6-7,9H2,1-5H3/t11-,12+,14?,15-/m0/s1. The summed E-state index contributed by atoms with van der Waals surface area (Å²) in [6, 6.07) is 0. The van der Waals surface area contributed by atoms with Crippen molar-refractivity contribution in [1.82, 2.24) is 0 Å². The van der Waals surface area contributed by atoms with Crippen LogP contribution < -0.4 is 0 Å². The van der Waals surface area contributed by atoms with E-state index < -0.39 is 0 Å². The third-order valence-electron chi connectivity index (χ3n) is 5.81. The highest BCUT2D eigenvalue weighted by Crippen LogP contribution is 2.57. The molecule has 2 heteroatoms. The van der Waals surface area contributed by atoms with Gasteiger partial charge in [0.05, 0.1) is 0 Å². The third kappa shape index (κ3) is 2.15. The maximum absolute atomic E-state index is 10.5. The van der Waals surface area contributed by atoms with Crippen molar-refractivity contribution in [3.05, 3.63) is 33.9 Å². The summed E-state index contributed by atoms with van der Waals surface area (Å²) in [4.78, 5) is 0. The average molecular weight is 300 g/mol. The number of hydrogen-bond donors (Lipinski definition) is 2. The van der Waals surface area contributed by atoms with Crippen LogP contribution in [0.1, 0.15) is 87.0 Å². The van der Waals surface area contributed by atoms with E-state index in [0.29, 0.717) is 23.7 Å². The van der Waals surface area contributed by atoms with E-state index in [1.54, 1.807) is 0 Å². The zero-order valence-electron chi connectivity index (χ0n) is 14.4. The van der Waals surface area contributed by atoms with Crippen LogP contribution in [0.3, 0.4) is 0 Å². The molecule has 0 fully saturated rings. The van der Waals surface area contributed by atoms with E-state index in [9.17, 15) is 10.2 Å². The van der Waals surface area contributed by atoms with Crippen LogP contribution in [0.4, 0.5) is 0 Å². The van der Waals surface area contributed by atoms with Crippen molar-refractivity contribution >= 4 is 0 Å². The van der Waals surface area contributed by atoms with Gasteiger partial charge in [-0.2, -0.15) is 0 Å². The van der Waals surface area contributed by atoms with Crippen molar-refractivity contribution in [1.29, 1.82) is 0 Å². The summed E-state index contributed by atoms with van der Waals surface area (Å²) in [5, 5.41) is 21.0. The highest BCUT2D eigenvalue weighted by atomic mass is 16.3. The maximum Gasteiger partial charge on any atom is 0.161 e. The Kier molecular flexibility index (Phi) is 3.74. The fourth-order valence-electron chi connectivity index (χ4n) is 4.81. The molecule has 22 heavy (non-hydrogen) atoms. The molecule has 0 heterocycles. The molecule has 0 saturated carbocycles. The van der Waals surface area contributed by atoms with Crippen molar-refractivity contribution in [2.75, 3.05) is 0 Å². The fraction of sp³-hybridized carbons (Fsp3) is 0.600. The van der Waals surface area contributed by atoms with E-state index in [0.717, 1.165) is 24.0 Å². The van der Waals surface area contributed by atoms with Gasteiger partial charge in [-0.25, -0.2) is 0 Å². The lowest BCUT2D eigenvalue weighted by molar-refractivity contribution is 0.318. The number of phenolic OH excluding ortho intramolecular Hbond substituents is 2. The lowest BCUT2D eigenvalue weighted by Crippen LogP contribution is -2.28. The minimum absolute atomic E-state index is 0.1000. The quantitative estimate of drug-likeness (QED) is 0.533. The normalized spacial score (nSPS) is 29.9. The van der Waals surface area contributed by atoms with Crippen molar-refractivity contribution in [3.8, 4) is 11.5 Å². The number of hydrogen-bond acceptors (Lipinski definition) is 2. The Hall–Kier alpha value is -1.44. The molecule has 0 aliphatic heterocycles. The van der Waals surface area contributed by atoms with Crippen molar-refractivity contribution in [2.45, 2.75) is 71.6 Å². The van der Waals surface area contributed by atoms with Gasteiger partial charge in [-0.05, 0) is 74.5 Å². The van der Waals surface area contributed by atoms with Gasteiger partial charge in [0.15, 0.2) is 11.5 Å². The Morgan fingerprint density at radius 2 is 1.68 bits per heavy atom. The van der Waals surface area contributed by atoms with Crippen LogP contribution in [0, 0.1) is 12.8 Å². The van der Waals surface area contributed by atoms with Crippen LogP contribution in [0.15, 0.2) is 11.6 Å². The molecule has 0 amide bonds. The van der Waals surface area contributed by atoms with Gasteiger partial charge in [-0.1, -0.05) is 25.5 Å². The Balaban J connectivity index is 2.33. The molecule has 3 rings (SSSR count). The van der Waals surface area contributed by atoms with Gasteiger partial charge in [-0.3, -0.25) is 0 Å². The molecule has 0 spiro atoms. The Morgan fingerprint density at radius 1 is 1.00 bits per heavy atom. The predicted molar refractivity (Wildman–Crippen MR) is 90.9 cm³/mol. The van der Waals surface area contributed by atoms with Crippen LogP contribution in [0.25, 0.3) is 0 Å². The Labute approximate surface area is 133 Å². The first kappa shape index (κ1) is 15.5. The molecule has 2 aliphatic carbocycles. The Bertz CT molecular complexity index is 638. The van der Waals surface area contributed by atoms with Gasteiger partial charge in [0, 0.05) is 11.5 Å². The number of phenols is 2. The minimum atomic E-state index is 0.1000. The smallest absolute Gasteiger partial charge is 0.161 e. The van der Waals surface area contributed by atoms with Gasteiger partial charge in [-0.15, -0.1) is 0 Å².